The number of rotatable bonds is 5. The number of hydrogen-bond acceptors (Lipinski definition) is 6. The summed E-state index contributed by atoms with van der Waals surface area (Å²) in [5.74, 6) is 0.606. The van der Waals surface area contributed by atoms with Gasteiger partial charge in [-0.2, -0.15) is 5.26 Å². The van der Waals surface area contributed by atoms with Crippen molar-refractivity contribution in [3.8, 4) is 22.9 Å². The van der Waals surface area contributed by atoms with Crippen molar-refractivity contribution in [3.63, 3.8) is 0 Å². The van der Waals surface area contributed by atoms with Crippen LogP contribution in [0.3, 0.4) is 0 Å². The highest BCUT2D eigenvalue weighted by Gasteiger charge is 2.52. The van der Waals surface area contributed by atoms with Crippen LogP contribution in [0.25, 0.3) is 11.1 Å². The summed E-state index contributed by atoms with van der Waals surface area (Å²) in [6, 6.07) is 14.6. The summed E-state index contributed by atoms with van der Waals surface area (Å²) in [7, 11) is 0. The van der Waals surface area contributed by atoms with E-state index in [9.17, 15) is 19.6 Å². The molecule has 4 atom stereocenters. The van der Waals surface area contributed by atoms with Crippen molar-refractivity contribution in [1.29, 1.82) is 5.26 Å². The number of likely N-dealkylation sites (tertiary alicyclic amines) is 1. The average molecular weight is 516 g/mol. The molecule has 1 saturated carbocycles. The van der Waals surface area contributed by atoms with Gasteiger partial charge in [0.05, 0.1) is 6.07 Å². The Labute approximate surface area is 222 Å². The maximum Gasteiger partial charge on any atom is 0.411 e. The van der Waals surface area contributed by atoms with Crippen LogP contribution in [0, 0.1) is 17.2 Å². The molecule has 1 N–H and O–H groups in total. The van der Waals surface area contributed by atoms with Crippen molar-refractivity contribution in [1.82, 2.24) is 10.2 Å². The molecule has 0 spiro atoms. The van der Waals surface area contributed by atoms with Crippen LogP contribution in [-0.4, -0.2) is 53.0 Å². The molecule has 1 aliphatic carbocycles. The molecule has 2 aromatic carbocycles. The lowest BCUT2D eigenvalue weighted by Crippen LogP contribution is -2.55. The van der Waals surface area contributed by atoms with Crippen molar-refractivity contribution in [3.05, 3.63) is 53.6 Å². The SMILES string of the molecule is CC(C)(C)OC(=O)N1[C@@H]2CC[C@@H](C2)[C@H]1C(=O)N[C@H](C#N)Cc1ccc(-c2ccc3c(c2)OCC(=O)C3)cc1. The van der Waals surface area contributed by atoms with Crippen molar-refractivity contribution in [2.45, 2.75) is 76.6 Å². The predicted molar refractivity (Wildman–Crippen MR) is 140 cm³/mol. The van der Waals surface area contributed by atoms with E-state index in [1.807, 2.05) is 63.2 Å². The molecule has 1 saturated heterocycles. The molecule has 3 aliphatic rings. The van der Waals surface area contributed by atoms with Crippen molar-refractivity contribution in [2.75, 3.05) is 6.61 Å². The third-order valence-electron chi connectivity index (χ3n) is 7.50. The largest absolute Gasteiger partial charge is 0.486 e. The first-order chi connectivity index (χ1) is 18.1. The van der Waals surface area contributed by atoms with Gasteiger partial charge in [0, 0.05) is 24.4 Å². The fourth-order valence-corrected chi connectivity index (χ4v) is 5.79. The maximum absolute atomic E-state index is 13.3. The third kappa shape index (κ3) is 5.38. The number of ketones is 1. The molecule has 8 nitrogen and oxygen atoms in total. The lowest BCUT2D eigenvalue weighted by molar-refractivity contribution is -0.128. The monoisotopic (exact) mass is 515 g/mol. The number of hydrogen-bond donors (Lipinski definition) is 1. The highest BCUT2D eigenvalue weighted by atomic mass is 16.6. The molecule has 8 heteroatoms. The highest BCUT2D eigenvalue weighted by molar-refractivity contribution is 5.88. The number of nitrogens with one attached hydrogen (secondary N) is 1. The second-order valence-corrected chi connectivity index (χ2v) is 11.5. The smallest absolute Gasteiger partial charge is 0.411 e. The van der Waals surface area contributed by atoms with E-state index in [1.165, 1.54) is 0 Å². The van der Waals surface area contributed by atoms with E-state index in [0.29, 0.717) is 12.8 Å². The summed E-state index contributed by atoms with van der Waals surface area (Å²) in [6.45, 7) is 5.54. The topological polar surface area (TPSA) is 109 Å². The van der Waals surface area contributed by atoms with Crippen LogP contribution >= 0.6 is 0 Å². The molecule has 198 valence electrons. The maximum atomic E-state index is 13.3. The second kappa shape index (κ2) is 10.1. The number of piperidine rings is 1. The molecule has 2 bridgehead atoms. The van der Waals surface area contributed by atoms with Gasteiger partial charge >= 0.3 is 6.09 Å². The molecule has 0 unspecified atom stereocenters. The number of Topliss-reactive ketones (excluding diaryl/α,β-unsaturated/α-hetero) is 1. The Hall–Kier alpha value is -3.86. The summed E-state index contributed by atoms with van der Waals surface area (Å²) in [5.41, 5.74) is 3.14. The minimum absolute atomic E-state index is 0.00756. The number of nitriles is 1. The van der Waals surface area contributed by atoms with E-state index in [1.54, 1.807) is 4.90 Å². The van der Waals surface area contributed by atoms with Gasteiger partial charge < -0.3 is 14.8 Å². The summed E-state index contributed by atoms with van der Waals surface area (Å²) in [5, 5.41) is 12.7. The molecule has 2 fully saturated rings. The molecule has 5 rings (SSSR count). The minimum atomic E-state index is -0.720. The summed E-state index contributed by atoms with van der Waals surface area (Å²) in [6.07, 6.45) is 2.84. The van der Waals surface area contributed by atoms with Crippen LogP contribution in [0.5, 0.6) is 5.75 Å². The van der Waals surface area contributed by atoms with E-state index in [0.717, 1.165) is 47.3 Å². The van der Waals surface area contributed by atoms with Crippen LogP contribution in [-0.2, 0) is 27.2 Å². The Bertz CT molecular complexity index is 1290. The molecule has 2 heterocycles. The zero-order chi connectivity index (χ0) is 27.0. The van der Waals surface area contributed by atoms with E-state index in [2.05, 4.69) is 11.4 Å². The lowest BCUT2D eigenvalue weighted by Gasteiger charge is -2.35. The predicted octanol–water partition coefficient (Wildman–Crippen LogP) is 4.20. The standard InChI is InChI=1S/C30H33N3O5/c1-30(2,3)38-29(36)33-24-11-10-22(13-24)27(33)28(35)32-23(16-31)12-18-4-6-19(7-5-18)20-8-9-21-14-25(34)17-37-26(21)15-20/h4-9,15,22-24,27H,10-14,17H2,1-3H3,(H,32,35)/t22-,23-,24+,27-/m0/s1. The van der Waals surface area contributed by atoms with Crippen LogP contribution in [0.4, 0.5) is 4.79 Å². The Kier molecular flexibility index (Phi) is 6.87. The van der Waals surface area contributed by atoms with Crippen LogP contribution < -0.4 is 10.1 Å². The Morgan fingerprint density at radius 1 is 1.16 bits per heavy atom. The first-order valence-corrected chi connectivity index (χ1v) is 13.2. The zero-order valence-corrected chi connectivity index (χ0v) is 22.0. The van der Waals surface area contributed by atoms with Crippen molar-refractivity contribution >= 4 is 17.8 Å². The number of carbonyl (C=O) groups is 3. The van der Waals surface area contributed by atoms with Gasteiger partial charge in [0.15, 0.2) is 5.78 Å². The highest BCUT2D eigenvalue weighted by Crippen LogP contribution is 2.43. The zero-order valence-electron chi connectivity index (χ0n) is 22.0. The quantitative estimate of drug-likeness (QED) is 0.640. The Morgan fingerprint density at radius 3 is 2.61 bits per heavy atom. The van der Waals surface area contributed by atoms with Gasteiger partial charge in [0.2, 0.25) is 5.91 Å². The summed E-state index contributed by atoms with van der Waals surface area (Å²) >= 11 is 0. The first kappa shape index (κ1) is 25.8. The molecule has 38 heavy (non-hydrogen) atoms. The van der Waals surface area contributed by atoms with Gasteiger partial charge in [0.25, 0.3) is 0 Å². The van der Waals surface area contributed by atoms with Crippen molar-refractivity contribution in [2.24, 2.45) is 5.92 Å². The van der Waals surface area contributed by atoms with E-state index < -0.39 is 23.8 Å². The van der Waals surface area contributed by atoms with E-state index in [4.69, 9.17) is 9.47 Å². The molecule has 2 aliphatic heterocycles. The number of amides is 2. The lowest BCUT2D eigenvalue weighted by atomic mass is 9.96. The molecule has 0 radical (unpaired) electrons. The van der Waals surface area contributed by atoms with Crippen LogP contribution in [0.1, 0.15) is 51.2 Å². The van der Waals surface area contributed by atoms with Crippen molar-refractivity contribution < 1.29 is 23.9 Å². The second-order valence-electron chi connectivity index (χ2n) is 11.5. The molecule has 2 amide bonds. The molecular formula is C30H33N3O5. The fraction of sp³-hybridized carbons (Fsp3) is 0.467. The average Bonchev–Trinajstić information content (AvgIpc) is 3.49. The van der Waals surface area contributed by atoms with Gasteiger partial charge in [-0.05, 0) is 68.7 Å². The minimum Gasteiger partial charge on any atom is -0.486 e. The van der Waals surface area contributed by atoms with Crippen LogP contribution in [0.15, 0.2) is 42.5 Å². The molecular weight excluding hydrogens is 482 g/mol. The van der Waals surface area contributed by atoms with E-state index >= 15 is 0 Å². The Balaban J connectivity index is 1.24. The number of benzene rings is 2. The van der Waals surface area contributed by atoms with Gasteiger partial charge in [0.1, 0.15) is 30.0 Å². The van der Waals surface area contributed by atoms with Gasteiger partial charge in [-0.25, -0.2) is 4.79 Å². The third-order valence-corrected chi connectivity index (χ3v) is 7.50. The van der Waals surface area contributed by atoms with Gasteiger partial charge in [-0.1, -0.05) is 36.4 Å². The van der Waals surface area contributed by atoms with Gasteiger partial charge in [-0.3, -0.25) is 14.5 Å². The number of ether oxygens (including phenoxy) is 2. The molecule has 0 aromatic heterocycles. The molecule has 2 aromatic rings. The summed E-state index contributed by atoms with van der Waals surface area (Å²) < 4.78 is 11.2. The Morgan fingerprint density at radius 2 is 1.89 bits per heavy atom. The fourth-order valence-electron chi connectivity index (χ4n) is 5.79. The van der Waals surface area contributed by atoms with E-state index in [-0.39, 0.29) is 30.3 Å². The summed E-state index contributed by atoms with van der Waals surface area (Å²) in [4.78, 5) is 39.4. The number of carbonyl (C=O) groups excluding carboxylic acids is 3. The van der Waals surface area contributed by atoms with Gasteiger partial charge in [-0.15, -0.1) is 0 Å². The number of nitrogens with zero attached hydrogens (tertiary/aromatic N) is 2. The normalized spacial score (nSPS) is 22.7. The first-order valence-electron chi connectivity index (χ1n) is 13.2. The number of fused-ring (bicyclic) bond motifs is 3. The van der Waals surface area contributed by atoms with Crippen LogP contribution in [0.2, 0.25) is 0 Å².